The number of para-hydroxylation sites is 3. The second-order valence-electron chi connectivity index (χ2n) is 3.73. The van der Waals surface area contributed by atoms with Gasteiger partial charge in [0.2, 0.25) is 0 Å². The van der Waals surface area contributed by atoms with Crippen LogP contribution >= 0.6 is 0 Å². The first-order valence-electron chi connectivity index (χ1n) is 5.81. The molecule has 0 aliphatic rings. The molecule has 0 amide bonds. The summed E-state index contributed by atoms with van der Waals surface area (Å²) in [5.41, 5.74) is 0. The quantitative estimate of drug-likeness (QED) is 0.611. The molecule has 0 bridgehead atoms. The lowest BCUT2D eigenvalue weighted by Crippen LogP contribution is -2.17. The SMILES string of the molecule is COc1ccccc1OC(=O)COc1ccccc1. The van der Waals surface area contributed by atoms with E-state index in [1.165, 1.54) is 7.11 Å². The molecule has 0 saturated carbocycles. The molecule has 2 aromatic carbocycles. The van der Waals surface area contributed by atoms with Crippen LogP contribution in [-0.4, -0.2) is 19.7 Å². The summed E-state index contributed by atoms with van der Waals surface area (Å²) in [6, 6.07) is 16.0. The Morgan fingerprint density at radius 3 is 2.26 bits per heavy atom. The highest BCUT2D eigenvalue weighted by molar-refractivity contribution is 5.74. The van der Waals surface area contributed by atoms with Crippen molar-refractivity contribution in [3.63, 3.8) is 0 Å². The van der Waals surface area contributed by atoms with E-state index < -0.39 is 5.97 Å². The Morgan fingerprint density at radius 2 is 1.58 bits per heavy atom. The van der Waals surface area contributed by atoms with Crippen LogP contribution in [0.2, 0.25) is 0 Å². The van der Waals surface area contributed by atoms with Crippen LogP contribution in [-0.2, 0) is 4.79 Å². The number of rotatable bonds is 5. The zero-order valence-corrected chi connectivity index (χ0v) is 10.5. The van der Waals surface area contributed by atoms with Crippen LogP contribution in [0.1, 0.15) is 0 Å². The lowest BCUT2D eigenvalue weighted by molar-refractivity contribution is -0.136. The highest BCUT2D eigenvalue weighted by atomic mass is 16.6. The normalized spacial score (nSPS) is 9.74. The average Bonchev–Trinajstić information content (AvgIpc) is 2.47. The van der Waals surface area contributed by atoms with Gasteiger partial charge in [0, 0.05) is 0 Å². The van der Waals surface area contributed by atoms with Crippen molar-refractivity contribution in [3.8, 4) is 17.2 Å². The molecule has 0 aliphatic heterocycles. The molecular formula is C15H14O4. The van der Waals surface area contributed by atoms with Gasteiger partial charge in [-0.15, -0.1) is 0 Å². The van der Waals surface area contributed by atoms with Crippen molar-refractivity contribution < 1.29 is 19.0 Å². The second-order valence-corrected chi connectivity index (χ2v) is 3.73. The minimum atomic E-state index is -0.478. The van der Waals surface area contributed by atoms with Gasteiger partial charge >= 0.3 is 5.97 Å². The third-order valence-corrected chi connectivity index (χ3v) is 2.39. The Bertz CT molecular complexity index is 537. The fraction of sp³-hybridized carbons (Fsp3) is 0.133. The van der Waals surface area contributed by atoms with Gasteiger partial charge in [-0.3, -0.25) is 0 Å². The summed E-state index contributed by atoms with van der Waals surface area (Å²) >= 11 is 0. The Hall–Kier alpha value is -2.49. The van der Waals surface area contributed by atoms with E-state index >= 15 is 0 Å². The monoisotopic (exact) mass is 258 g/mol. The smallest absolute Gasteiger partial charge is 0.349 e. The Morgan fingerprint density at radius 1 is 0.947 bits per heavy atom. The summed E-state index contributed by atoms with van der Waals surface area (Å²) in [5.74, 6) is 1.04. The predicted molar refractivity (Wildman–Crippen MR) is 70.6 cm³/mol. The van der Waals surface area contributed by atoms with Crippen LogP contribution in [0.3, 0.4) is 0 Å². The van der Waals surface area contributed by atoms with Crippen LogP contribution in [0.5, 0.6) is 17.2 Å². The van der Waals surface area contributed by atoms with E-state index in [1.54, 1.807) is 36.4 Å². The number of benzene rings is 2. The largest absolute Gasteiger partial charge is 0.493 e. The van der Waals surface area contributed by atoms with E-state index in [0.29, 0.717) is 17.2 Å². The van der Waals surface area contributed by atoms with Gasteiger partial charge in [-0.2, -0.15) is 0 Å². The summed E-state index contributed by atoms with van der Waals surface area (Å²) in [6.07, 6.45) is 0. The number of hydrogen-bond acceptors (Lipinski definition) is 4. The van der Waals surface area contributed by atoms with Gasteiger partial charge in [-0.25, -0.2) is 4.79 Å². The van der Waals surface area contributed by atoms with E-state index in [-0.39, 0.29) is 6.61 Å². The van der Waals surface area contributed by atoms with Crippen molar-refractivity contribution >= 4 is 5.97 Å². The number of methoxy groups -OCH3 is 1. The molecule has 4 heteroatoms. The molecule has 98 valence electrons. The van der Waals surface area contributed by atoms with Crippen molar-refractivity contribution in [3.05, 3.63) is 54.6 Å². The highest BCUT2D eigenvalue weighted by Gasteiger charge is 2.09. The maximum Gasteiger partial charge on any atom is 0.349 e. The van der Waals surface area contributed by atoms with Gasteiger partial charge < -0.3 is 14.2 Å². The number of esters is 1. The summed E-state index contributed by atoms with van der Waals surface area (Å²) < 4.78 is 15.6. The fourth-order valence-electron chi connectivity index (χ4n) is 1.51. The van der Waals surface area contributed by atoms with Gasteiger partial charge in [-0.05, 0) is 24.3 Å². The van der Waals surface area contributed by atoms with Crippen molar-refractivity contribution in [2.24, 2.45) is 0 Å². The summed E-state index contributed by atoms with van der Waals surface area (Å²) in [6.45, 7) is -0.151. The molecular weight excluding hydrogens is 244 g/mol. The second kappa shape index (κ2) is 6.44. The molecule has 0 N–H and O–H groups in total. The van der Waals surface area contributed by atoms with Crippen LogP contribution in [0, 0.1) is 0 Å². The minimum Gasteiger partial charge on any atom is -0.493 e. The summed E-state index contributed by atoms with van der Waals surface area (Å²) in [4.78, 5) is 11.7. The van der Waals surface area contributed by atoms with Crippen molar-refractivity contribution in [1.29, 1.82) is 0 Å². The van der Waals surface area contributed by atoms with Crippen LogP contribution in [0.15, 0.2) is 54.6 Å². The predicted octanol–water partition coefficient (Wildman–Crippen LogP) is 2.68. The highest BCUT2D eigenvalue weighted by Crippen LogP contribution is 2.25. The standard InChI is InChI=1S/C15H14O4/c1-17-13-9-5-6-10-14(13)19-15(16)11-18-12-7-3-2-4-8-12/h2-10H,11H2,1H3. The Kier molecular flexibility index (Phi) is 4.39. The topological polar surface area (TPSA) is 44.8 Å². The number of carbonyl (C=O) groups is 1. The van der Waals surface area contributed by atoms with E-state index in [0.717, 1.165) is 0 Å². The molecule has 0 fully saturated rings. The first kappa shape index (κ1) is 13.0. The molecule has 19 heavy (non-hydrogen) atoms. The fourth-order valence-corrected chi connectivity index (χ4v) is 1.51. The van der Waals surface area contributed by atoms with E-state index in [4.69, 9.17) is 14.2 Å². The Labute approximate surface area is 111 Å². The van der Waals surface area contributed by atoms with Crippen molar-refractivity contribution in [2.45, 2.75) is 0 Å². The molecule has 0 aliphatic carbocycles. The van der Waals surface area contributed by atoms with Crippen LogP contribution in [0.25, 0.3) is 0 Å². The lowest BCUT2D eigenvalue weighted by Gasteiger charge is -2.09. The van der Waals surface area contributed by atoms with Gasteiger partial charge in [0.05, 0.1) is 7.11 Å². The van der Waals surface area contributed by atoms with Gasteiger partial charge in [0.15, 0.2) is 18.1 Å². The van der Waals surface area contributed by atoms with Crippen molar-refractivity contribution in [2.75, 3.05) is 13.7 Å². The molecule has 4 nitrogen and oxygen atoms in total. The van der Waals surface area contributed by atoms with Crippen LogP contribution in [0.4, 0.5) is 0 Å². The van der Waals surface area contributed by atoms with E-state index in [9.17, 15) is 4.79 Å². The molecule has 0 atom stereocenters. The van der Waals surface area contributed by atoms with Gasteiger partial charge in [0.25, 0.3) is 0 Å². The maximum atomic E-state index is 11.7. The minimum absolute atomic E-state index is 0.151. The van der Waals surface area contributed by atoms with Crippen LogP contribution < -0.4 is 14.2 Å². The number of ether oxygens (including phenoxy) is 3. The lowest BCUT2D eigenvalue weighted by atomic mass is 10.3. The number of hydrogen-bond donors (Lipinski definition) is 0. The molecule has 2 aromatic rings. The molecule has 0 saturated heterocycles. The Balaban J connectivity index is 1.91. The first-order chi connectivity index (χ1) is 9.29. The molecule has 0 radical (unpaired) electrons. The van der Waals surface area contributed by atoms with Gasteiger partial charge in [-0.1, -0.05) is 30.3 Å². The van der Waals surface area contributed by atoms with Gasteiger partial charge in [0.1, 0.15) is 5.75 Å². The van der Waals surface area contributed by atoms with E-state index in [1.807, 2.05) is 18.2 Å². The summed E-state index contributed by atoms with van der Waals surface area (Å²) in [5, 5.41) is 0. The van der Waals surface area contributed by atoms with Crippen molar-refractivity contribution in [1.82, 2.24) is 0 Å². The number of carbonyl (C=O) groups excluding carboxylic acids is 1. The zero-order chi connectivity index (χ0) is 13.5. The zero-order valence-electron chi connectivity index (χ0n) is 10.5. The molecule has 2 rings (SSSR count). The maximum absolute atomic E-state index is 11.7. The molecule has 0 aromatic heterocycles. The average molecular weight is 258 g/mol. The molecule has 0 unspecified atom stereocenters. The first-order valence-corrected chi connectivity index (χ1v) is 5.81. The molecule has 0 spiro atoms. The molecule has 0 heterocycles. The third kappa shape index (κ3) is 3.74. The van der Waals surface area contributed by atoms with E-state index in [2.05, 4.69) is 0 Å². The third-order valence-electron chi connectivity index (χ3n) is 2.39. The summed E-state index contributed by atoms with van der Waals surface area (Å²) in [7, 11) is 1.52.